The quantitative estimate of drug-likeness (QED) is 0.734. The van der Waals surface area contributed by atoms with Crippen molar-refractivity contribution in [3.63, 3.8) is 0 Å². The van der Waals surface area contributed by atoms with Crippen LogP contribution >= 0.6 is 0 Å². The van der Waals surface area contributed by atoms with Gasteiger partial charge in [0, 0.05) is 38.9 Å². The first-order chi connectivity index (χ1) is 16.0. The molecule has 0 bridgehead atoms. The van der Waals surface area contributed by atoms with Crippen LogP contribution in [0.3, 0.4) is 0 Å². The minimum absolute atomic E-state index is 0.0626. The van der Waals surface area contributed by atoms with Crippen molar-refractivity contribution >= 4 is 23.4 Å². The molecule has 3 amide bonds. The van der Waals surface area contributed by atoms with E-state index < -0.39 is 6.04 Å². The highest BCUT2D eigenvalue weighted by molar-refractivity contribution is 6.39. The average molecular weight is 449 g/mol. The highest BCUT2D eigenvalue weighted by Gasteiger charge is 2.38. The minimum Gasteiger partial charge on any atom is -0.497 e. The molecule has 1 fully saturated rings. The van der Waals surface area contributed by atoms with Crippen LogP contribution in [0.4, 0.5) is 0 Å². The molecule has 8 nitrogen and oxygen atoms in total. The third-order valence-electron chi connectivity index (χ3n) is 6.16. The van der Waals surface area contributed by atoms with Crippen molar-refractivity contribution in [1.29, 1.82) is 0 Å². The molecule has 1 saturated heterocycles. The van der Waals surface area contributed by atoms with Gasteiger partial charge in [-0.2, -0.15) is 5.10 Å². The first-order valence-corrected chi connectivity index (χ1v) is 11.2. The number of hydrogen-bond acceptors (Lipinski definition) is 5. The molecule has 0 aromatic heterocycles. The summed E-state index contributed by atoms with van der Waals surface area (Å²) in [7, 11) is 1.64. The molecule has 2 aromatic carbocycles. The molecule has 4 rings (SSSR count). The molecule has 2 aliphatic heterocycles. The number of methoxy groups -OCH3 is 1. The van der Waals surface area contributed by atoms with Crippen molar-refractivity contribution in [2.24, 2.45) is 5.10 Å². The Bertz CT molecular complexity index is 1080. The molecule has 0 radical (unpaired) electrons. The van der Waals surface area contributed by atoms with E-state index >= 15 is 0 Å². The Morgan fingerprint density at radius 2 is 1.88 bits per heavy atom. The Kier molecular flexibility index (Phi) is 6.72. The summed E-state index contributed by atoms with van der Waals surface area (Å²) < 4.78 is 5.24. The maximum Gasteiger partial charge on any atom is 0.270 e. The van der Waals surface area contributed by atoms with E-state index in [1.165, 1.54) is 0 Å². The standard InChI is InChI=1S/C25H28N4O4/c1-3-28-13-14-29(24(31)21-11-12-23(30)27-26-21)22(25(28)32)16-17-5-4-6-19(15-17)18-7-9-20(33-2)10-8-18/h4-10,15,22H,3,11-14,16H2,1-2H3,(H,27,30). The lowest BCUT2D eigenvalue weighted by Crippen LogP contribution is -2.60. The monoisotopic (exact) mass is 448 g/mol. The Morgan fingerprint density at radius 3 is 2.55 bits per heavy atom. The summed E-state index contributed by atoms with van der Waals surface area (Å²) in [5, 5.41) is 3.95. The zero-order valence-corrected chi connectivity index (χ0v) is 18.9. The van der Waals surface area contributed by atoms with E-state index in [4.69, 9.17) is 4.74 Å². The summed E-state index contributed by atoms with van der Waals surface area (Å²) >= 11 is 0. The largest absolute Gasteiger partial charge is 0.497 e. The second-order valence-electron chi connectivity index (χ2n) is 8.16. The molecule has 2 heterocycles. The van der Waals surface area contributed by atoms with E-state index in [0.717, 1.165) is 22.4 Å². The van der Waals surface area contributed by atoms with Gasteiger partial charge in [-0.15, -0.1) is 0 Å². The second kappa shape index (κ2) is 9.85. The number of hydrogen-bond donors (Lipinski definition) is 1. The van der Waals surface area contributed by atoms with Crippen molar-refractivity contribution in [3.8, 4) is 16.9 Å². The number of nitrogens with zero attached hydrogens (tertiary/aromatic N) is 3. The fourth-order valence-electron chi connectivity index (χ4n) is 4.27. The van der Waals surface area contributed by atoms with E-state index in [1.807, 2.05) is 49.4 Å². The summed E-state index contributed by atoms with van der Waals surface area (Å²) in [6.45, 7) is 3.47. The van der Waals surface area contributed by atoms with Crippen molar-refractivity contribution < 1.29 is 19.1 Å². The van der Waals surface area contributed by atoms with Crippen LogP contribution in [0.1, 0.15) is 25.3 Å². The lowest BCUT2D eigenvalue weighted by Gasteiger charge is -2.40. The first kappa shape index (κ1) is 22.5. The summed E-state index contributed by atoms with van der Waals surface area (Å²) in [5.41, 5.74) is 5.72. The average Bonchev–Trinajstić information content (AvgIpc) is 2.85. The lowest BCUT2D eigenvalue weighted by atomic mass is 9.96. The molecule has 172 valence electrons. The Balaban J connectivity index is 1.59. The maximum atomic E-state index is 13.2. The molecule has 0 saturated carbocycles. The van der Waals surface area contributed by atoms with Crippen molar-refractivity contribution in [2.45, 2.75) is 32.2 Å². The van der Waals surface area contributed by atoms with Crippen molar-refractivity contribution in [2.75, 3.05) is 26.7 Å². The molecule has 33 heavy (non-hydrogen) atoms. The molecule has 1 N–H and O–H groups in total. The number of rotatable bonds is 6. The molecular formula is C25H28N4O4. The Hall–Kier alpha value is -3.68. The predicted molar refractivity (Wildman–Crippen MR) is 125 cm³/mol. The number of carbonyl (C=O) groups excluding carboxylic acids is 3. The van der Waals surface area contributed by atoms with Gasteiger partial charge in [-0.3, -0.25) is 14.4 Å². The van der Waals surface area contributed by atoms with Crippen LogP contribution in [0.25, 0.3) is 11.1 Å². The zero-order valence-electron chi connectivity index (χ0n) is 18.9. The van der Waals surface area contributed by atoms with Crippen LogP contribution in [-0.4, -0.2) is 66.0 Å². The van der Waals surface area contributed by atoms with Gasteiger partial charge in [0.2, 0.25) is 11.8 Å². The molecule has 2 aromatic rings. The topological polar surface area (TPSA) is 91.3 Å². The van der Waals surface area contributed by atoms with E-state index in [1.54, 1.807) is 16.9 Å². The number of hydrazone groups is 1. The second-order valence-corrected chi connectivity index (χ2v) is 8.16. The van der Waals surface area contributed by atoms with Gasteiger partial charge in [0.15, 0.2) is 0 Å². The fourth-order valence-corrected chi connectivity index (χ4v) is 4.27. The van der Waals surface area contributed by atoms with Gasteiger partial charge in [0.05, 0.1) is 7.11 Å². The lowest BCUT2D eigenvalue weighted by molar-refractivity contribution is -0.148. The van der Waals surface area contributed by atoms with E-state index in [2.05, 4.69) is 16.6 Å². The van der Waals surface area contributed by atoms with E-state index in [0.29, 0.717) is 31.8 Å². The third kappa shape index (κ3) is 4.89. The van der Waals surface area contributed by atoms with Gasteiger partial charge in [0.1, 0.15) is 17.5 Å². The maximum absolute atomic E-state index is 13.2. The number of ether oxygens (including phenoxy) is 1. The number of piperazine rings is 1. The van der Waals surface area contributed by atoms with Crippen LogP contribution in [0, 0.1) is 0 Å². The summed E-state index contributed by atoms with van der Waals surface area (Å²) in [6, 6.07) is 15.2. The Labute approximate surface area is 193 Å². The molecule has 2 aliphatic rings. The fraction of sp³-hybridized carbons (Fsp3) is 0.360. The molecule has 1 atom stereocenters. The molecule has 1 unspecified atom stereocenters. The smallest absolute Gasteiger partial charge is 0.270 e. The number of benzene rings is 2. The summed E-state index contributed by atoms with van der Waals surface area (Å²) in [6.07, 6.45) is 0.916. The molecule has 8 heteroatoms. The van der Waals surface area contributed by atoms with E-state index in [-0.39, 0.29) is 30.6 Å². The molecular weight excluding hydrogens is 420 g/mol. The van der Waals surface area contributed by atoms with Crippen molar-refractivity contribution in [3.05, 3.63) is 54.1 Å². The van der Waals surface area contributed by atoms with Crippen LogP contribution in [-0.2, 0) is 20.8 Å². The number of nitrogens with one attached hydrogen (secondary N) is 1. The number of likely N-dealkylation sites (N-methyl/N-ethyl adjacent to an activating group) is 1. The normalized spacial score (nSPS) is 18.6. The Morgan fingerprint density at radius 1 is 1.09 bits per heavy atom. The first-order valence-electron chi connectivity index (χ1n) is 11.2. The SMILES string of the molecule is CCN1CCN(C(=O)C2=NNC(=O)CC2)C(Cc2cccc(-c3ccc(OC)cc3)c2)C1=O. The van der Waals surface area contributed by atoms with Crippen LogP contribution < -0.4 is 10.2 Å². The van der Waals surface area contributed by atoms with Crippen LogP contribution in [0.15, 0.2) is 53.6 Å². The highest BCUT2D eigenvalue weighted by Crippen LogP contribution is 2.25. The predicted octanol–water partition coefficient (Wildman–Crippen LogP) is 2.23. The van der Waals surface area contributed by atoms with Crippen LogP contribution in [0.5, 0.6) is 5.75 Å². The summed E-state index contributed by atoms with van der Waals surface area (Å²) in [4.78, 5) is 41.3. The van der Waals surface area contributed by atoms with Gasteiger partial charge in [0.25, 0.3) is 5.91 Å². The highest BCUT2D eigenvalue weighted by atomic mass is 16.5. The van der Waals surface area contributed by atoms with Crippen molar-refractivity contribution in [1.82, 2.24) is 15.2 Å². The van der Waals surface area contributed by atoms with Gasteiger partial charge >= 0.3 is 0 Å². The third-order valence-corrected chi connectivity index (χ3v) is 6.16. The van der Waals surface area contributed by atoms with Gasteiger partial charge in [-0.1, -0.05) is 36.4 Å². The number of carbonyl (C=O) groups is 3. The van der Waals surface area contributed by atoms with Gasteiger partial charge in [-0.05, 0) is 35.7 Å². The van der Waals surface area contributed by atoms with Crippen LogP contribution in [0.2, 0.25) is 0 Å². The van der Waals surface area contributed by atoms with E-state index in [9.17, 15) is 14.4 Å². The molecule has 0 spiro atoms. The number of amides is 3. The minimum atomic E-state index is -0.613. The molecule has 0 aliphatic carbocycles. The summed E-state index contributed by atoms with van der Waals surface area (Å²) in [5.74, 6) is 0.242. The van der Waals surface area contributed by atoms with Gasteiger partial charge in [-0.25, -0.2) is 5.43 Å². The van der Waals surface area contributed by atoms with Gasteiger partial charge < -0.3 is 14.5 Å². The zero-order chi connectivity index (χ0) is 23.4.